The molecule has 2 aromatic heterocycles. The first-order valence-electron chi connectivity index (χ1n) is 11.5. The molecule has 0 aliphatic heterocycles. The Morgan fingerprint density at radius 2 is 1.72 bits per heavy atom. The van der Waals surface area contributed by atoms with Crippen LogP contribution < -0.4 is 19.7 Å². The van der Waals surface area contributed by atoms with Crippen LogP contribution in [0.5, 0.6) is 11.5 Å². The number of carbonyl (C=O) groups is 1. The Kier molecular flexibility index (Phi) is 7.38. The van der Waals surface area contributed by atoms with E-state index in [2.05, 4.69) is 48.4 Å². The third kappa shape index (κ3) is 4.83. The van der Waals surface area contributed by atoms with Gasteiger partial charge in [0.05, 0.1) is 35.2 Å². The maximum atomic E-state index is 13.4. The quantitative estimate of drug-likeness (QED) is 0.277. The number of hydrogen-bond donors (Lipinski definition) is 1. The number of thiophene rings is 1. The second-order valence-electron chi connectivity index (χ2n) is 8.78. The number of hydrogen-bond acceptors (Lipinski definition) is 7. The molecule has 4 aromatic rings. The lowest BCUT2D eigenvalue weighted by atomic mass is 10.0. The van der Waals surface area contributed by atoms with Crippen LogP contribution in [0.25, 0.3) is 10.2 Å². The van der Waals surface area contributed by atoms with Crippen molar-refractivity contribution >= 4 is 56.3 Å². The van der Waals surface area contributed by atoms with E-state index in [0.717, 1.165) is 27.3 Å². The van der Waals surface area contributed by atoms with Crippen molar-refractivity contribution in [1.29, 1.82) is 0 Å². The summed E-state index contributed by atoms with van der Waals surface area (Å²) in [5.74, 6) is 2.49. The third-order valence-electron chi connectivity index (χ3n) is 6.08. The molecule has 2 aromatic carbocycles. The molecule has 0 atom stereocenters. The van der Waals surface area contributed by atoms with Gasteiger partial charge in [-0.1, -0.05) is 37.6 Å². The minimum atomic E-state index is -0.275. The Balaban J connectivity index is 1.74. The van der Waals surface area contributed by atoms with Crippen molar-refractivity contribution in [2.75, 3.05) is 31.5 Å². The first kappa shape index (κ1) is 25.7. The largest absolute Gasteiger partial charge is 0.495 e. The Hall–Kier alpha value is -3.36. The van der Waals surface area contributed by atoms with Gasteiger partial charge in [0.1, 0.15) is 28.0 Å². The molecule has 0 saturated heterocycles. The second-order valence-corrected chi connectivity index (χ2v) is 10.2. The summed E-state index contributed by atoms with van der Waals surface area (Å²) >= 11 is 7.62. The molecule has 0 fully saturated rings. The molecule has 0 spiro atoms. The topological polar surface area (TPSA) is 76.6 Å². The van der Waals surface area contributed by atoms with E-state index in [1.165, 1.54) is 31.1 Å². The number of aromatic nitrogens is 2. The van der Waals surface area contributed by atoms with Crippen molar-refractivity contribution in [3.63, 3.8) is 0 Å². The highest BCUT2D eigenvalue weighted by Crippen LogP contribution is 2.39. The fourth-order valence-corrected chi connectivity index (χ4v) is 5.38. The van der Waals surface area contributed by atoms with Crippen LogP contribution in [-0.2, 0) is 0 Å². The molecule has 0 aliphatic rings. The molecule has 1 amide bonds. The van der Waals surface area contributed by atoms with Gasteiger partial charge >= 0.3 is 0 Å². The number of ether oxygens (including phenoxy) is 2. The fraction of sp³-hybridized carbons (Fsp3) is 0.296. The van der Waals surface area contributed by atoms with E-state index in [9.17, 15) is 4.79 Å². The number of halogens is 1. The zero-order valence-electron chi connectivity index (χ0n) is 21.4. The maximum absolute atomic E-state index is 13.4. The van der Waals surface area contributed by atoms with E-state index in [1.54, 1.807) is 12.1 Å². The van der Waals surface area contributed by atoms with Crippen LogP contribution in [0.2, 0.25) is 5.02 Å². The molecule has 9 heteroatoms. The van der Waals surface area contributed by atoms with Gasteiger partial charge < -0.3 is 19.7 Å². The SMILES string of the molecule is COc1cc(OC)c(NC(=O)c2sc3nc(C)nc(N(C)c4ccc(C(C)C)cc4)c3c2C)cc1Cl. The zero-order valence-corrected chi connectivity index (χ0v) is 23.0. The summed E-state index contributed by atoms with van der Waals surface area (Å²) in [7, 11) is 5.03. The summed E-state index contributed by atoms with van der Waals surface area (Å²) in [4.78, 5) is 26.1. The summed E-state index contributed by atoms with van der Waals surface area (Å²) in [6.07, 6.45) is 0. The number of aryl methyl sites for hydroxylation is 2. The van der Waals surface area contributed by atoms with Gasteiger partial charge in [-0.15, -0.1) is 11.3 Å². The highest BCUT2D eigenvalue weighted by atomic mass is 35.5. The summed E-state index contributed by atoms with van der Waals surface area (Å²) in [6.45, 7) is 8.13. The molecular formula is C27H29ClN4O3S. The number of fused-ring (bicyclic) bond motifs is 1. The van der Waals surface area contributed by atoms with E-state index in [-0.39, 0.29) is 5.91 Å². The Labute approximate surface area is 220 Å². The lowest BCUT2D eigenvalue weighted by Gasteiger charge is -2.20. The summed E-state index contributed by atoms with van der Waals surface area (Å²) in [5, 5.41) is 4.15. The van der Waals surface area contributed by atoms with Crippen LogP contribution in [0.4, 0.5) is 17.2 Å². The molecule has 1 N–H and O–H groups in total. The lowest BCUT2D eigenvalue weighted by Crippen LogP contribution is -2.14. The van der Waals surface area contributed by atoms with Gasteiger partial charge in [0.25, 0.3) is 5.91 Å². The number of anilines is 3. The molecule has 0 aliphatic carbocycles. The van der Waals surface area contributed by atoms with E-state index >= 15 is 0 Å². The standard InChI is InChI=1S/C27H29ClN4O3S/c1-14(2)17-8-10-18(11-9-17)32(5)25-23-15(3)24(36-27(23)30-16(4)29-25)26(33)31-20-12-19(28)21(34-6)13-22(20)35-7/h8-14H,1-7H3,(H,31,33). The number of carbonyl (C=O) groups excluding carboxylic acids is 1. The van der Waals surface area contributed by atoms with Crippen LogP contribution in [-0.4, -0.2) is 37.1 Å². The van der Waals surface area contributed by atoms with Gasteiger partial charge in [0.2, 0.25) is 0 Å². The molecule has 0 saturated carbocycles. The number of rotatable bonds is 7. The first-order valence-corrected chi connectivity index (χ1v) is 12.7. The molecule has 188 valence electrons. The molecule has 0 unspecified atom stereocenters. The van der Waals surface area contributed by atoms with Gasteiger partial charge in [0, 0.05) is 18.8 Å². The van der Waals surface area contributed by atoms with E-state index < -0.39 is 0 Å². The number of methoxy groups -OCH3 is 2. The van der Waals surface area contributed by atoms with Crippen molar-refractivity contribution in [2.24, 2.45) is 0 Å². The number of benzene rings is 2. The van der Waals surface area contributed by atoms with Crippen LogP contribution in [0.3, 0.4) is 0 Å². The molecule has 0 radical (unpaired) electrons. The van der Waals surface area contributed by atoms with Crippen molar-refractivity contribution in [3.05, 3.63) is 63.2 Å². The van der Waals surface area contributed by atoms with Crippen molar-refractivity contribution in [1.82, 2.24) is 9.97 Å². The average Bonchev–Trinajstić information content (AvgIpc) is 3.19. The Bertz CT molecular complexity index is 1430. The van der Waals surface area contributed by atoms with Crippen molar-refractivity contribution in [3.8, 4) is 11.5 Å². The predicted molar refractivity (Wildman–Crippen MR) is 148 cm³/mol. The summed E-state index contributed by atoms with van der Waals surface area (Å²) < 4.78 is 10.7. The second kappa shape index (κ2) is 10.3. The smallest absolute Gasteiger partial charge is 0.266 e. The van der Waals surface area contributed by atoms with Crippen molar-refractivity contribution < 1.29 is 14.3 Å². The van der Waals surface area contributed by atoms with E-state index in [1.807, 2.05) is 25.8 Å². The lowest BCUT2D eigenvalue weighted by molar-refractivity contribution is 0.102. The number of amides is 1. The molecular weight excluding hydrogens is 496 g/mol. The average molecular weight is 525 g/mol. The molecule has 7 nitrogen and oxygen atoms in total. The molecule has 0 bridgehead atoms. The Morgan fingerprint density at radius 1 is 1.06 bits per heavy atom. The van der Waals surface area contributed by atoms with E-state index in [0.29, 0.717) is 38.8 Å². The Morgan fingerprint density at radius 3 is 2.33 bits per heavy atom. The fourth-order valence-electron chi connectivity index (χ4n) is 4.02. The minimum Gasteiger partial charge on any atom is -0.495 e. The summed E-state index contributed by atoms with van der Waals surface area (Å²) in [5.41, 5.74) is 3.55. The highest BCUT2D eigenvalue weighted by molar-refractivity contribution is 7.20. The van der Waals surface area contributed by atoms with Crippen LogP contribution in [0.1, 0.15) is 46.4 Å². The number of nitrogens with one attached hydrogen (secondary N) is 1. The van der Waals surface area contributed by atoms with E-state index in [4.69, 9.17) is 26.1 Å². The molecule has 2 heterocycles. The predicted octanol–water partition coefficient (Wildman–Crippen LogP) is 7.12. The van der Waals surface area contributed by atoms with Gasteiger partial charge in [-0.2, -0.15) is 0 Å². The van der Waals surface area contributed by atoms with Gasteiger partial charge in [-0.05, 0) is 49.1 Å². The van der Waals surface area contributed by atoms with Crippen molar-refractivity contribution in [2.45, 2.75) is 33.6 Å². The maximum Gasteiger partial charge on any atom is 0.266 e. The summed E-state index contributed by atoms with van der Waals surface area (Å²) in [6, 6.07) is 11.7. The van der Waals surface area contributed by atoms with Crippen LogP contribution in [0.15, 0.2) is 36.4 Å². The van der Waals surface area contributed by atoms with Gasteiger partial charge in [-0.3, -0.25) is 4.79 Å². The molecule has 4 rings (SSSR count). The van der Waals surface area contributed by atoms with Gasteiger partial charge in [0.15, 0.2) is 0 Å². The number of nitrogens with zero attached hydrogens (tertiary/aromatic N) is 3. The zero-order chi connectivity index (χ0) is 26.1. The molecule has 36 heavy (non-hydrogen) atoms. The van der Waals surface area contributed by atoms with Crippen LogP contribution in [0, 0.1) is 13.8 Å². The normalized spacial score (nSPS) is 11.1. The first-order chi connectivity index (χ1) is 17.1. The monoisotopic (exact) mass is 524 g/mol. The van der Waals surface area contributed by atoms with Gasteiger partial charge in [-0.25, -0.2) is 9.97 Å². The van der Waals surface area contributed by atoms with Crippen LogP contribution >= 0.6 is 22.9 Å². The highest BCUT2D eigenvalue weighted by Gasteiger charge is 2.23. The third-order valence-corrected chi connectivity index (χ3v) is 7.56. The minimum absolute atomic E-state index is 0.275.